The lowest BCUT2D eigenvalue weighted by molar-refractivity contribution is -0.431. The Balaban J connectivity index is 1.97. The highest BCUT2D eigenvalue weighted by molar-refractivity contribution is 7.94. The Bertz CT molecular complexity index is 1400. The minimum atomic E-state index is -4.44. The number of esters is 2. The van der Waals surface area contributed by atoms with E-state index in [1.165, 1.54) is 26.0 Å². The number of benzene rings is 2. The van der Waals surface area contributed by atoms with E-state index in [0.717, 1.165) is 12.7 Å². The van der Waals surface area contributed by atoms with Crippen LogP contribution in [0.25, 0.3) is 0 Å². The SMILES string of the molecule is COC(=O)[C@H]([C@@H](C)OC(=O)C1=C(C)NC(C)=C([N+](=O)[O-])C1c1ccccc1)S(=O)(=O)Nc1ccc(C)cc1. The summed E-state index contributed by atoms with van der Waals surface area (Å²) in [7, 11) is -3.42. The molecule has 2 aromatic rings. The number of hydrogen-bond donors (Lipinski definition) is 2. The Morgan fingerprint density at radius 1 is 1.03 bits per heavy atom. The molecular weight excluding hydrogens is 514 g/mol. The fourth-order valence-corrected chi connectivity index (χ4v) is 5.80. The fourth-order valence-electron chi connectivity index (χ4n) is 4.30. The van der Waals surface area contributed by atoms with Crippen LogP contribution in [0.4, 0.5) is 5.69 Å². The Morgan fingerprint density at radius 2 is 1.63 bits per heavy atom. The van der Waals surface area contributed by atoms with E-state index in [-0.39, 0.29) is 22.7 Å². The van der Waals surface area contributed by atoms with Gasteiger partial charge in [0.2, 0.25) is 15.3 Å². The number of dihydropyridines is 1. The number of aryl methyl sites for hydroxylation is 1. The van der Waals surface area contributed by atoms with E-state index >= 15 is 0 Å². The molecule has 3 rings (SSSR count). The molecular formula is C26H29N3O8S. The first-order valence-electron chi connectivity index (χ1n) is 11.6. The molecule has 202 valence electrons. The first kappa shape index (κ1) is 28.4. The summed E-state index contributed by atoms with van der Waals surface area (Å²) in [5.41, 5.74) is 1.80. The quantitative estimate of drug-likeness (QED) is 0.275. The molecule has 2 aromatic carbocycles. The fraction of sp³-hybridized carbons (Fsp3) is 0.308. The Labute approximate surface area is 220 Å². The largest absolute Gasteiger partial charge is 0.468 e. The van der Waals surface area contributed by atoms with E-state index < -0.39 is 44.2 Å². The molecule has 1 aliphatic heterocycles. The van der Waals surface area contributed by atoms with Crippen molar-refractivity contribution in [2.45, 2.75) is 45.0 Å². The predicted octanol–water partition coefficient (Wildman–Crippen LogP) is 3.38. The molecule has 0 saturated carbocycles. The van der Waals surface area contributed by atoms with Crippen molar-refractivity contribution in [1.82, 2.24) is 5.32 Å². The second-order valence-corrected chi connectivity index (χ2v) is 10.6. The molecule has 1 heterocycles. The lowest BCUT2D eigenvalue weighted by Crippen LogP contribution is -2.46. The zero-order valence-electron chi connectivity index (χ0n) is 21.5. The van der Waals surface area contributed by atoms with Gasteiger partial charge in [-0.3, -0.25) is 19.6 Å². The number of anilines is 1. The summed E-state index contributed by atoms with van der Waals surface area (Å²) in [6, 6.07) is 14.8. The highest BCUT2D eigenvalue weighted by atomic mass is 32.2. The van der Waals surface area contributed by atoms with Crippen LogP contribution in [0.5, 0.6) is 0 Å². The average molecular weight is 544 g/mol. The van der Waals surface area contributed by atoms with Crippen molar-refractivity contribution in [3.63, 3.8) is 0 Å². The number of nitrogens with zero attached hydrogens (tertiary/aromatic N) is 1. The van der Waals surface area contributed by atoms with Crippen LogP contribution in [0.1, 0.15) is 37.8 Å². The molecule has 38 heavy (non-hydrogen) atoms. The molecule has 0 amide bonds. The van der Waals surface area contributed by atoms with E-state index in [0.29, 0.717) is 11.3 Å². The van der Waals surface area contributed by atoms with Crippen LogP contribution >= 0.6 is 0 Å². The third-order valence-electron chi connectivity index (χ3n) is 6.07. The average Bonchev–Trinajstić information content (AvgIpc) is 2.84. The maximum atomic E-state index is 13.5. The van der Waals surface area contributed by atoms with Crippen molar-refractivity contribution in [3.05, 3.63) is 98.5 Å². The van der Waals surface area contributed by atoms with Gasteiger partial charge in [0.05, 0.1) is 23.3 Å². The van der Waals surface area contributed by atoms with Crippen LogP contribution in [0, 0.1) is 17.0 Å². The van der Waals surface area contributed by atoms with Crippen LogP contribution in [0.15, 0.2) is 77.3 Å². The number of rotatable bonds is 9. The summed E-state index contributed by atoms with van der Waals surface area (Å²) in [5.74, 6) is -3.24. The Morgan fingerprint density at radius 3 is 2.18 bits per heavy atom. The number of methoxy groups -OCH3 is 1. The molecule has 2 N–H and O–H groups in total. The molecule has 0 bridgehead atoms. The molecule has 12 heteroatoms. The maximum Gasteiger partial charge on any atom is 0.337 e. The second kappa shape index (κ2) is 11.5. The van der Waals surface area contributed by atoms with Gasteiger partial charge in [0, 0.05) is 11.4 Å². The normalized spacial score (nSPS) is 17.2. The number of sulfonamides is 1. The molecule has 1 aliphatic rings. The summed E-state index contributed by atoms with van der Waals surface area (Å²) >= 11 is 0. The highest BCUT2D eigenvalue weighted by Gasteiger charge is 2.45. The number of nitro groups is 1. The minimum Gasteiger partial charge on any atom is -0.468 e. The minimum absolute atomic E-state index is 0.0761. The van der Waals surface area contributed by atoms with Crippen LogP contribution in [-0.4, -0.2) is 43.7 Å². The van der Waals surface area contributed by atoms with Crippen molar-refractivity contribution >= 4 is 27.6 Å². The highest BCUT2D eigenvalue weighted by Crippen LogP contribution is 2.39. The van der Waals surface area contributed by atoms with E-state index in [4.69, 9.17) is 9.47 Å². The summed E-state index contributed by atoms with van der Waals surface area (Å²) < 4.78 is 38.9. The van der Waals surface area contributed by atoms with E-state index in [9.17, 15) is 28.1 Å². The Hall–Kier alpha value is -4.19. The van der Waals surface area contributed by atoms with Gasteiger partial charge in [-0.2, -0.15) is 0 Å². The van der Waals surface area contributed by atoms with Gasteiger partial charge in [0.25, 0.3) is 5.70 Å². The molecule has 1 unspecified atom stereocenters. The third kappa shape index (κ3) is 6.02. The summed E-state index contributed by atoms with van der Waals surface area (Å²) in [5, 5.41) is 12.9. The summed E-state index contributed by atoms with van der Waals surface area (Å²) in [6.07, 6.45) is -1.51. The molecule has 0 spiro atoms. The molecule has 0 aliphatic carbocycles. The molecule has 0 saturated heterocycles. The molecule has 3 atom stereocenters. The number of carbonyl (C=O) groups is 2. The number of allylic oxidation sites excluding steroid dienone is 3. The van der Waals surface area contributed by atoms with Crippen LogP contribution in [-0.2, 0) is 29.1 Å². The standard InChI is InChI=1S/C26H29N3O8S/c1-15-11-13-20(14-12-15)28-38(34,35)24(26(31)36-5)18(4)37-25(30)21-16(2)27-17(3)23(29(32)33)22(21)19-9-7-6-8-10-19/h6-14,18,22,24,27-28H,1-5H3/t18-,22?,24+/m1/s1. The number of ether oxygens (including phenoxy) is 2. The predicted molar refractivity (Wildman–Crippen MR) is 140 cm³/mol. The summed E-state index contributed by atoms with van der Waals surface area (Å²) in [4.78, 5) is 37.5. The molecule has 11 nitrogen and oxygen atoms in total. The van der Waals surface area contributed by atoms with Crippen LogP contribution in [0.3, 0.4) is 0 Å². The monoisotopic (exact) mass is 543 g/mol. The maximum absolute atomic E-state index is 13.5. The number of nitrogens with one attached hydrogen (secondary N) is 2. The van der Waals surface area contributed by atoms with Crippen LogP contribution in [0.2, 0.25) is 0 Å². The van der Waals surface area contributed by atoms with Crippen molar-refractivity contribution in [1.29, 1.82) is 0 Å². The van der Waals surface area contributed by atoms with E-state index in [1.54, 1.807) is 49.4 Å². The van der Waals surface area contributed by atoms with Gasteiger partial charge in [-0.1, -0.05) is 48.0 Å². The van der Waals surface area contributed by atoms with Crippen molar-refractivity contribution in [3.8, 4) is 0 Å². The van der Waals surface area contributed by atoms with Crippen LogP contribution < -0.4 is 10.0 Å². The molecule has 0 fully saturated rings. The van der Waals surface area contributed by atoms with Crippen molar-refractivity contribution < 1.29 is 32.4 Å². The van der Waals surface area contributed by atoms with Crippen molar-refractivity contribution in [2.24, 2.45) is 0 Å². The molecule has 0 radical (unpaired) electrons. The summed E-state index contributed by atoms with van der Waals surface area (Å²) in [6.45, 7) is 6.16. The van der Waals surface area contributed by atoms with Gasteiger partial charge >= 0.3 is 11.9 Å². The first-order chi connectivity index (χ1) is 17.9. The van der Waals surface area contributed by atoms with Gasteiger partial charge in [0.15, 0.2) is 0 Å². The van der Waals surface area contributed by atoms with Gasteiger partial charge < -0.3 is 14.8 Å². The zero-order valence-corrected chi connectivity index (χ0v) is 22.4. The molecule has 0 aromatic heterocycles. The topological polar surface area (TPSA) is 154 Å². The smallest absolute Gasteiger partial charge is 0.337 e. The van der Waals surface area contributed by atoms with Gasteiger partial charge in [0.1, 0.15) is 12.0 Å². The lowest BCUT2D eigenvalue weighted by Gasteiger charge is -2.28. The van der Waals surface area contributed by atoms with Gasteiger partial charge in [-0.15, -0.1) is 0 Å². The number of carbonyl (C=O) groups excluding carboxylic acids is 2. The van der Waals surface area contributed by atoms with E-state index in [2.05, 4.69) is 10.0 Å². The van der Waals surface area contributed by atoms with Crippen molar-refractivity contribution in [2.75, 3.05) is 11.8 Å². The second-order valence-electron chi connectivity index (χ2n) is 8.84. The number of hydrogen-bond acceptors (Lipinski definition) is 9. The zero-order chi connectivity index (χ0) is 28.2. The van der Waals surface area contributed by atoms with E-state index in [1.807, 2.05) is 6.92 Å². The lowest BCUT2D eigenvalue weighted by atomic mass is 9.84. The van der Waals surface area contributed by atoms with Gasteiger partial charge in [-0.25, -0.2) is 13.2 Å². The first-order valence-corrected chi connectivity index (χ1v) is 13.2. The Kier molecular flexibility index (Phi) is 8.56. The third-order valence-corrected chi connectivity index (χ3v) is 7.84. The van der Waals surface area contributed by atoms with Gasteiger partial charge in [-0.05, 0) is 45.4 Å².